The molecule has 0 unspecified atom stereocenters. The highest BCUT2D eigenvalue weighted by molar-refractivity contribution is 5.95. The van der Waals surface area contributed by atoms with Gasteiger partial charge in [0.05, 0.1) is 12.7 Å². The fourth-order valence-corrected chi connectivity index (χ4v) is 2.94. The predicted molar refractivity (Wildman–Crippen MR) is 94.5 cm³/mol. The topological polar surface area (TPSA) is 71.5 Å². The maximum Gasteiger partial charge on any atom is 0.255 e. The van der Waals surface area contributed by atoms with Gasteiger partial charge in [-0.1, -0.05) is 0 Å². The lowest BCUT2D eigenvalue weighted by molar-refractivity contribution is -0.121. The average molecular weight is 339 g/mol. The van der Waals surface area contributed by atoms with Crippen molar-refractivity contribution in [2.75, 3.05) is 25.5 Å². The zero-order valence-corrected chi connectivity index (χ0v) is 14.1. The van der Waals surface area contributed by atoms with Gasteiger partial charge < -0.3 is 15.0 Å². The Balaban J connectivity index is 1.53. The van der Waals surface area contributed by atoms with Crippen molar-refractivity contribution in [3.05, 3.63) is 54.4 Å². The quantitative estimate of drug-likeness (QED) is 0.929. The van der Waals surface area contributed by atoms with Crippen LogP contribution in [-0.4, -0.2) is 41.9 Å². The van der Waals surface area contributed by atoms with Crippen molar-refractivity contribution in [2.45, 2.75) is 12.8 Å². The van der Waals surface area contributed by atoms with Crippen LogP contribution in [0.5, 0.6) is 5.75 Å². The number of benzene rings is 1. The van der Waals surface area contributed by atoms with E-state index in [0.717, 1.165) is 11.4 Å². The lowest BCUT2D eigenvalue weighted by atomic mass is 9.95. The van der Waals surface area contributed by atoms with Crippen LogP contribution in [0.1, 0.15) is 23.2 Å². The molecule has 1 aromatic carbocycles. The van der Waals surface area contributed by atoms with Gasteiger partial charge in [0.15, 0.2) is 0 Å². The average Bonchev–Trinajstić information content (AvgIpc) is 2.69. The minimum atomic E-state index is -0.0833. The molecule has 1 fully saturated rings. The summed E-state index contributed by atoms with van der Waals surface area (Å²) in [4.78, 5) is 30.6. The minimum absolute atomic E-state index is 0.00126. The largest absolute Gasteiger partial charge is 0.497 e. The molecule has 0 spiro atoms. The van der Waals surface area contributed by atoms with Gasteiger partial charge >= 0.3 is 0 Å². The first-order chi connectivity index (χ1) is 12.2. The van der Waals surface area contributed by atoms with E-state index in [0.29, 0.717) is 31.5 Å². The standard InChI is InChI=1S/C19H21N3O3/c1-25-17-6-4-16(5-7-17)21-18(23)14-8-11-22(12-9-14)19(24)15-3-2-10-20-13-15/h2-7,10,13-14H,8-9,11-12H2,1H3,(H,21,23). The Bertz CT molecular complexity index is 723. The fraction of sp³-hybridized carbons (Fsp3) is 0.316. The van der Waals surface area contributed by atoms with Gasteiger partial charge in [-0.3, -0.25) is 14.6 Å². The number of hydrogen-bond acceptors (Lipinski definition) is 4. The molecule has 6 nitrogen and oxygen atoms in total. The number of amides is 2. The van der Waals surface area contributed by atoms with Gasteiger partial charge in [-0.2, -0.15) is 0 Å². The number of rotatable bonds is 4. The van der Waals surface area contributed by atoms with E-state index in [2.05, 4.69) is 10.3 Å². The molecular weight excluding hydrogens is 318 g/mol. The molecule has 0 bridgehead atoms. The summed E-state index contributed by atoms with van der Waals surface area (Å²) in [5.41, 5.74) is 1.34. The number of nitrogens with zero attached hydrogens (tertiary/aromatic N) is 2. The highest BCUT2D eigenvalue weighted by atomic mass is 16.5. The molecule has 2 aromatic rings. The van der Waals surface area contributed by atoms with Gasteiger partial charge in [0.1, 0.15) is 5.75 Å². The van der Waals surface area contributed by atoms with Crippen molar-refractivity contribution in [1.82, 2.24) is 9.88 Å². The van der Waals surface area contributed by atoms with Crippen LogP contribution in [0.15, 0.2) is 48.8 Å². The van der Waals surface area contributed by atoms with Gasteiger partial charge in [-0.15, -0.1) is 0 Å². The van der Waals surface area contributed by atoms with Crippen molar-refractivity contribution in [3.63, 3.8) is 0 Å². The maximum absolute atomic E-state index is 12.4. The number of aromatic nitrogens is 1. The van der Waals surface area contributed by atoms with Crippen molar-refractivity contribution >= 4 is 17.5 Å². The Hall–Kier alpha value is -2.89. The molecule has 1 saturated heterocycles. The number of piperidine rings is 1. The van der Waals surface area contributed by atoms with Gasteiger partial charge in [0.25, 0.3) is 5.91 Å². The number of carbonyl (C=O) groups is 2. The van der Waals surface area contributed by atoms with Gasteiger partial charge in [0, 0.05) is 37.1 Å². The Morgan fingerprint density at radius 3 is 2.48 bits per heavy atom. The van der Waals surface area contributed by atoms with E-state index in [9.17, 15) is 9.59 Å². The second-order valence-electron chi connectivity index (χ2n) is 6.03. The molecule has 1 aromatic heterocycles. The smallest absolute Gasteiger partial charge is 0.255 e. The van der Waals surface area contributed by atoms with E-state index >= 15 is 0 Å². The van der Waals surface area contributed by atoms with E-state index in [1.165, 1.54) is 0 Å². The van der Waals surface area contributed by atoms with Crippen LogP contribution in [0.4, 0.5) is 5.69 Å². The van der Waals surface area contributed by atoms with E-state index in [-0.39, 0.29) is 17.7 Å². The number of carbonyl (C=O) groups excluding carboxylic acids is 2. The number of ether oxygens (including phenoxy) is 1. The number of methoxy groups -OCH3 is 1. The number of nitrogens with one attached hydrogen (secondary N) is 1. The summed E-state index contributed by atoms with van der Waals surface area (Å²) in [6, 6.07) is 10.8. The zero-order valence-electron chi connectivity index (χ0n) is 14.1. The molecule has 0 radical (unpaired) electrons. The SMILES string of the molecule is COc1ccc(NC(=O)C2CCN(C(=O)c3cccnc3)CC2)cc1. The van der Waals surface area contributed by atoms with E-state index in [4.69, 9.17) is 4.74 Å². The first-order valence-corrected chi connectivity index (χ1v) is 8.31. The highest BCUT2D eigenvalue weighted by Gasteiger charge is 2.27. The molecule has 0 aliphatic carbocycles. The summed E-state index contributed by atoms with van der Waals surface area (Å²) in [6.07, 6.45) is 4.54. The summed E-state index contributed by atoms with van der Waals surface area (Å²) >= 11 is 0. The van der Waals surface area contributed by atoms with Crippen LogP contribution < -0.4 is 10.1 Å². The minimum Gasteiger partial charge on any atom is -0.497 e. The number of likely N-dealkylation sites (tertiary alicyclic amines) is 1. The Kier molecular flexibility index (Phi) is 5.28. The second-order valence-corrected chi connectivity index (χ2v) is 6.03. The molecule has 6 heteroatoms. The summed E-state index contributed by atoms with van der Waals surface area (Å²) in [6.45, 7) is 1.16. The zero-order chi connectivity index (χ0) is 17.6. The van der Waals surface area contributed by atoms with Crippen LogP contribution in [0.25, 0.3) is 0 Å². The third-order valence-corrected chi connectivity index (χ3v) is 4.42. The summed E-state index contributed by atoms with van der Waals surface area (Å²) in [5.74, 6) is 0.640. The van der Waals surface area contributed by atoms with Crippen LogP contribution in [0, 0.1) is 5.92 Å². The molecule has 130 valence electrons. The Labute approximate surface area is 146 Å². The van der Waals surface area contributed by atoms with E-state index in [1.54, 1.807) is 36.5 Å². The predicted octanol–water partition coefficient (Wildman–Crippen LogP) is 2.58. The lowest BCUT2D eigenvalue weighted by Crippen LogP contribution is -2.41. The lowest BCUT2D eigenvalue weighted by Gasteiger charge is -2.31. The second kappa shape index (κ2) is 7.79. The number of pyridine rings is 1. The third kappa shape index (κ3) is 4.15. The molecule has 3 rings (SSSR count). The van der Waals surface area contributed by atoms with Crippen molar-refractivity contribution < 1.29 is 14.3 Å². The monoisotopic (exact) mass is 339 g/mol. The van der Waals surface area contributed by atoms with Gasteiger partial charge in [-0.05, 0) is 49.2 Å². The van der Waals surface area contributed by atoms with Crippen LogP contribution in [-0.2, 0) is 4.79 Å². The van der Waals surface area contributed by atoms with E-state index in [1.807, 2.05) is 24.3 Å². The summed E-state index contributed by atoms with van der Waals surface area (Å²) in [5, 5.41) is 2.93. The van der Waals surface area contributed by atoms with Gasteiger partial charge in [0.2, 0.25) is 5.91 Å². The van der Waals surface area contributed by atoms with Crippen LogP contribution in [0.2, 0.25) is 0 Å². The first kappa shape index (κ1) is 17.0. The molecule has 1 N–H and O–H groups in total. The molecule has 2 heterocycles. The van der Waals surface area contributed by atoms with Crippen molar-refractivity contribution in [2.24, 2.45) is 5.92 Å². The molecule has 25 heavy (non-hydrogen) atoms. The fourth-order valence-electron chi connectivity index (χ4n) is 2.94. The number of anilines is 1. The van der Waals surface area contributed by atoms with Crippen molar-refractivity contribution in [1.29, 1.82) is 0 Å². The molecular formula is C19H21N3O3. The molecule has 0 saturated carbocycles. The summed E-state index contributed by atoms with van der Waals surface area (Å²) in [7, 11) is 1.61. The summed E-state index contributed by atoms with van der Waals surface area (Å²) < 4.78 is 5.11. The van der Waals surface area contributed by atoms with Crippen molar-refractivity contribution in [3.8, 4) is 5.75 Å². The van der Waals surface area contributed by atoms with E-state index < -0.39 is 0 Å². The molecule has 1 aliphatic rings. The highest BCUT2D eigenvalue weighted by Crippen LogP contribution is 2.22. The Morgan fingerprint density at radius 2 is 1.88 bits per heavy atom. The first-order valence-electron chi connectivity index (χ1n) is 8.31. The molecule has 1 aliphatic heterocycles. The Morgan fingerprint density at radius 1 is 1.16 bits per heavy atom. The molecule has 2 amide bonds. The normalized spacial score (nSPS) is 14.8. The van der Waals surface area contributed by atoms with Crippen LogP contribution in [0.3, 0.4) is 0 Å². The molecule has 0 atom stereocenters. The van der Waals surface area contributed by atoms with Crippen LogP contribution >= 0.6 is 0 Å². The third-order valence-electron chi connectivity index (χ3n) is 4.42. The van der Waals surface area contributed by atoms with Gasteiger partial charge in [-0.25, -0.2) is 0 Å². The number of hydrogen-bond donors (Lipinski definition) is 1. The maximum atomic E-state index is 12.4.